The van der Waals surface area contributed by atoms with Gasteiger partial charge in [0.2, 0.25) is 5.91 Å². The Morgan fingerprint density at radius 3 is 2.55 bits per heavy atom. The third-order valence-electron chi connectivity index (χ3n) is 4.98. The Morgan fingerprint density at radius 1 is 1.10 bits per heavy atom. The van der Waals surface area contributed by atoms with Gasteiger partial charge in [-0.25, -0.2) is 4.79 Å². The molecule has 1 aliphatic rings. The van der Waals surface area contributed by atoms with E-state index in [2.05, 4.69) is 11.4 Å². The average molecular weight is 395 g/mol. The highest BCUT2D eigenvalue weighted by atomic mass is 16.4. The smallest absolute Gasteiger partial charge is 0.321 e. The number of fused-ring (bicyclic) bond motifs is 1. The van der Waals surface area contributed by atoms with Gasteiger partial charge in [-0.2, -0.15) is 0 Å². The molecule has 2 aromatic rings. The van der Waals surface area contributed by atoms with Gasteiger partial charge in [-0.05, 0) is 42.2 Å². The Bertz CT molecular complexity index is 895. The van der Waals surface area contributed by atoms with Crippen molar-refractivity contribution >= 4 is 29.3 Å². The van der Waals surface area contributed by atoms with Crippen molar-refractivity contribution in [1.29, 1.82) is 0 Å². The van der Waals surface area contributed by atoms with E-state index in [9.17, 15) is 14.4 Å². The van der Waals surface area contributed by atoms with Gasteiger partial charge in [0, 0.05) is 31.5 Å². The van der Waals surface area contributed by atoms with E-state index < -0.39 is 5.97 Å². The third-order valence-corrected chi connectivity index (χ3v) is 4.98. The number of rotatable bonds is 6. The molecule has 0 atom stereocenters. The Hall–Kier alpha value is -3.35. The number of aryl methyl sites for hydroxylation is 1. The molecule has 29 heavy (non-hydrogen) atoms. The van der Waals surface area contributed by atoms with Crippen LogP contribution in [0.4, 0.5) is 16.2 Å². The van der Waals surface area contributed by atoms with E-state index >= 15 is 0 Å². The van der Waals surface area contributed by atoms with Crippen molar-refractivity contribution in [2.45, 2.75) is 25.7 Å². The Balaban J connectivity index is 1.58. The lowest BCUT2D eigenvalue weighted by Crippen LogP contribution is -2.36. The van der Waals surface area contributed by atoms with Crippen LogP contribution in [-0.2, 0) is 22.4 Å². The second-order valence-corrected chi connectivity index (χ2v) is 7.15. The normalized spacial score (nSPS) is 12.8. The van der Waals surface area contributed by atoms with Crippen LogP contribution in [-0.4, -0.2) is 48.1 Å². The van der Waals surface area contributed by atoms with Crippen LogP contribution in [0.3, 0.4) is 0 Å². The van der Waals surface area contributed by atoms with Crippen LogP contribution in [0.25, 0.3) is 0 Å². The average Bonchev–Trinajstić information content (AvgIpc) is 2.72. The summed E-state index contributed by atoms with van der Waals surface area (Å²) in [6.07, 6.45) is 2.14. The number of carboxylic acids is 1. The zero-order chi connectivity index (χ0) is 20.8. The zero-order valence-corrected chi connectivity index (χ0v) is 16.4. The number of urea groups is 1. The van der Waals surface area contributed by atoms with Crippen molar-refractivity contribution in [2.75, 3.05) is 30.4 Å². The minimum Gasteiger partial charge on any atom is -0.481 e. The fourth-order valence-electron chi connectivity index (χ4n) is 3.35. The predicted octanol–water partition coefficient (Wildman–Crippen LogP) is 3.15. The standard InChI is InChI=1S/C22H25N3O4/c1-24(14-12-21(27)28)22(29)23-18-10-8-16(9-11-18)15-20(26)25-13-4-6-17-5-2-3-7-19(17)25/h2-3,5,7-11H,4,6,12-15H2,1H3,(H,23,29)(H,27,28). The monoisotopic (exact) mass is 395 g/mol. The van der Waals surface area contributed by atoms with Gasteiger partial charge in [-0.1, -0.05) is 30.3 Å². The van der Waals surface area contributed by atoms with Crippen LogP contribution >= 0.6 is 0 Å². The molecule has 2 aromatic carbocycles. The van der Waals surface area contributed by atoms with Gasteiger partial charge in [0.15, 0.2) is 0 Å². The fourth-order valence-corrected chi connectivity index (χ4v) is 3.35. The molecule has 2 N–H and O–H groups in total. The van der Waals surface area contributed by atoms with Crippen molar-refractivity contribution in [2.24, 2.45) is 0 Å². The molecule has 3 amide bonds. The molecule has 0 saturated heterocycles. The number of para-hydroxylation sites is 1. The summed E-state index contributed by atoms with van der Waals surface area (Å²) in [5.74, 6) is -0.891. The summed E-state index contributed by atoms with van der Waals surface area (Å²) in [5.41, 5.74) is 3.67. The van der Waals surface area contributed by atoms with E-state index in [0.29, 0.717) is 12.1 Å². The van der Waals surface area contributed by atoms with Gasteiger partial charge in [0.1, 0.15) is 0 Å². The molecule has 0 aliphatic carbocycles. The number of carbonyl (C=O) groups is 3. The highest BCUT2D eigenvalue weighted by molar-refractivity contribution is 5.96. The van der Waals surface area contributed by atoms with Gasteiger partial charge in [0.05, 0.1) is 12.8 Å². The van der Waals surface area contributed by atoms with Crippen molar-refractivity contribution in [3.63, 3.8) is 0 Å². The van der Waals surface area contributed by atoms with Crippen LogP contribution in [0.5, 0.6) is 0 Å². The van der Waals surface area contributed by atoms with Crippen molar-refractivity contribution in [3.8, 4) is 0 Å². The number of nitrogens with zero attached hydrogens (tertiary/aromatic N) is 2. The first-order chi connectivity index (χ1) is 13.9. The molecular weight excluding hydrogens is 370 g/mol. The molecule has 0 aromatic heterocycles. The van der Waals surface area contributed by atoms with E-state index in [-0.39, 0.29) is 24.9 Å². The molecule has 0 spiro atoms. The minimum absolute atomic E-state index is 0.0577. The summed E-state index contributed by atoms with van der Waals surface area (Å²) in [4.78, 5) is 38.7. The van der Waals surface area contributed by atoms with Crippen LogP contribution in [0.1, 0.15) is 24.0 Å². The van der Waals surface area contributed by atoms with E-state index in [4.69, 9.17) is 5.11 Å². The van der Waals surface area contributed by atoms with Gasteiger partial charge >= 0.3 is 12.0 Å². The molecule has 3 rings (SSSR count). The molecule has 0 unspecified atom stereocenters. The number of hydrogen-bond acceptors (Lipinski definition) is 3. The number of aliphatic carboxylic acids is 1. The van der Waals surface area contributed by atoms with Crippen LogP contribution in [0, 0.1) is 0 Å². The van der Waals surface area contributed by atoms with Gasteiger partial charge in [-0.15, -0.1) is 0 Å². The fraction of sp³-hybridized carbons (Fsp3) is 0.318. The third kappa shape index (κ3) is 5.34. The van der Waals surface area contributed by atoms with E-state index in [0.717, 1.165) is 30.6 Å². The molecule has 1 heterocycles. The maximum atomic E-state index is 12.8. The number of carboxylic acid groups (broad SMARTS) is 1. The second-order valence-electron chi connectivity index (χ2n) is 7.15. The molecule has 1 aliphatic heterocycles. The second kappa shape index (κ2) is 9.23. The number of carbonyl (C=O) groups excluding carboxylic acids is 2. The molecule has 0 radical (unpaired) electrons. The van der Waals surface area contributed by atoms with Crippen LogP contribution < -0.4 is 10.2 Å². The highest BCUT2D eigenvalue weighted by Crippen LogP contribution is 2.27. The molecular formula is C22H25N3O4. The lowest BCUT2D eigenvalue weighted by molar-refractivity contribution is -0.137. The highest BCUT2D eigenvalue weighted by Gasteiger charge is 2.22. The van der Waals surface area contributed by atoms with Gasteiger partial charge < -0.3 is 20.2 Å². The van der Waals surface area contributed by atoms with Gasteiger partial charge in [0.25, 0.3) is 0 Å². The van der Waals surface area contributed by atoms with Crippen molar-refractivity contribution < 1.29 is 19.5 Å². The van der Waals surface area contributed by atoms with Crippen LogP contribution in [0.15, 0.2) is 48.5 Å². The molecule has 7 nitrogen and oxygen atoms in total. The first-order valence-electron chi connectivity index (χ1n) is 9.65. The van der Waals surface area contributed by atoms with Crippen molar-refractivity contribution in [1.82, 2.24) is 4.90 Å². The molecule has 152 valence electrons. The number of hydrogen-bond donors (Lipinski definition) is 2. The first kappa shape index (κ1) is 20.4. The summed E-state index contributed by atoms with van der Waals surface area (Å²) < 4.78 is 0. The maximum Gasteiger partial charge on any atom is 0.321 e. The van der Waals surface area contributed by atoms with E-state index in [1.54, 1.807) is 19.2 Å². The van der Waals surface area contributed by atoms with Gasteiger partial charge in [-0.3, -0.25) is 9.59 Å². The number of benzene rings is 2. The van der Waals surface area contributed by atoms with E-state index in [1.165, 1.54) is 10.5 Å². The van der Waals surface area contributed by atoms with Crippen molar-refractivity contribution in [3.05, 3.63) is 59.7 Å². The number of amides is 3. The Morgan fingerprint density at radius 2 is 1.83 bits per heavy atom. The summed E-state index contributed by atoms with van der Waals surface area (Å²) >= 11 is 0. The largest absolute Gasteiger partial charge is 0.481 e. The molecule has 7 heteroatoms. The molecule has 0 bridgehead atoms. The Labute approximate surface area is 169 Å². The quantitative estimate of drug-likeness (QED) is 0.786. The SMILES string of the molecule is CN(CCC(=O)O)C(=O)Nc1ccc(CC(=O)N2CCCc3ccccc32)cc1. The minimum atomic E-state index is -0.949. The zero-order valence-electron chi connectivity index (χ0n) is 16.4. The lowest BCUT2D eigenvalue weighted by atomic mass is 10.0. The molecule has 0 saturated carbocycles. The van der Waals surface area contributed by atoms with Crippen LogP contribution in [0.2, 0.25) is 0 Å². The number of nitrogens with one attached hydrogen (secondary N) is 1. The topological polar surface area (TPSA) is 90.0 Å². The number of anilines is 2. The van der Waals surface area contributed by atoms with E-state index in [1.807, 2.05) is 35.2 Å². The molecule has 0 fully saturated rings. The lowest BCUT2D eigenvalue weighted by Gasteiger charge is -2.29. The first-order valence-corrected chi connectivity index (χ1v) is 9.65. The summed E-state index contributed by atoms with van der Waals surface area (Å²) in [6, 6.07) is 14.8. The summed E-state index contributed by atoms with van der Waals surface area (Å²) in [5, 5.41) is 11.4. The summed E-state index contributed by atoms with van der Waals surface area (Å²) in [6.45, 7) is 0.859. The summed E-state index contributed by atoms with van der Waals surface area (Å²) in [7, 11) is 1.54. The predicted molar refractivity (Wildman–Crippen MR) is 111 cm³/mol. The Kier molecular flexibility index (Phi) is 6.49. The maximum absolute atomic E-state index is 12.8.